The summed E-state index contributed by atoms with van der Waals surface area (Å²) in [6.07, 6.45) is -2.00. The summed E-state index contributed by atoms with van der Waals surface area (Å²) in [5, 5.41) is 6.02. The number of nitrogens with zero attached hydrogens (tertiary/aromatic N) is 1. The summed E-state index contributed by atoms with van der Waals surface area (Å²) < 4.78 is 39.8. The molecule has 2 aromatic carbocycles. The van der Waals surface area contributed by atoms with Crippen LogP contribution in [0.1, 0.15) is 28.7 Å². The fourth-order valence-electron chi connectivity index (χ4n) is 4.81. The SMILES string of the molecule is CNC(=O)[C@@H]1C[C@H](NCc2ccccc2C(F)(F)F)CN1C1Cc2ccccc2C1. The molecule has 2 N–H and O–H groups in total. The number of benzene rings is 2. The maximum Gasteiger partial charge on any atom is 0.416 e. The molecule has 160 valence electrons. The van der Waals surface area contributed by atoms with Crippen LogP contribution in [-0.4, -0.2) is 42.5 Å². The molecule has 0 saturated carbocycles. The molecule has 2 aromatic rings. The van der Waals surface area contributed by atoms with E-state index >= 15 is 0 Å². The monoisotopic (exact) mass is 417 g/mol. The van der Waals surface area contributed by atoms with Crippen LogP contribution in [0.25, 0.3) is 0 Å². The Bertz CT molecular complexity index is 890. The van der Waals surface area contributed by atoms with Gasteiger partial charge in [-0.15, -0.1) is 0 Å². The molecule has 7 heteroatoms. The van der Waals surface area contributed by atoms with Crippen LogP contribution in [0.2, 0.25) is 0 Å². The zero-order valence-electron chi connectivity index (χ0n) is 16.9. The predicted octanol–water partition coefficient (Wildman–Crippen LogP) is 3.15. The Labute approximate surface area is 174 Å². The number of hydrogen-bond acceptors (Lipinski definition) is 3. The summed E-state index contributed by atoms with van der Waals surface area (Å²) in [4.78, 5) is 14.8. The van der Waals surface area contributed by atoms with Gasteiger partial charge in [-0.2, -0.15) is 13.2 Å². The summed E-state index contributed by atoms with van der Waals surface area (Å²) in [6, 6.07) is 13.9. The molecule has 0 radical (unpaired) electrons. The van der Waals surface area contributed by atoms with E-state index in [4.69, 9.17) is 0 Å². The van der Waals surface area contributed by atoms with E-state index in [2.05, 4.69) is 27.7 Å². The molecule has 1 fully saturated rings. The summed E-state index contributed by atoms with van der Waals surface area (Å²) >= 11 is 0. The number of likely N-dealkylation sites (N-methyl/N-ethyl adjacent to an activating group) is 1. The van der Waals surface area contributed by atoms with E-state index in [1.54, 1.807) is 13.1 Å². The summed E-state index contributed by atoms with van der Waals surface area (Å²) in [6.45, 7) is 0.768. The predicted molar refractivity (Wildman–Crippen MR) is 109 cm³/mol. The Kier molecular flexibility index (Phi) is 5.84. The molecule has 1 heterocycles. The average Bonchev–Trinajstić information content (AvgIpc) is 3.35. The number of alkyl halides is 3. The van der Waals surface area contributed by atoms with Gasteiger partial charge in [0, 0.05) is 32.2 Å². The lowest BCUT2D eigenvalue weighted by molar-refractivity contribution is -0.138. The summed E-state index contributed by atoms with van der Waals surface area (Å²) in [7, 11) is 1.63. The molecule has 1 amide bonds. The molecule has 2 atom stereocenters. The van der Waals surface area contributed by atoms with Crippen LogP contribution < -0.4 is 10.6 Å². The first-order valence-electron chi connectivity index (χ1n) is 10.3. The van der Waals surface area contributed by atoms with Crippen LogP contribution in [0, 0.1) is 0 Å². The van der Waals surface area contributed by atoms with Crippen molar-refractivity contribution < 1.29 is 18.0 Å². The number of likely N-dealkylation sites (tertiary alicyclic amines) is 1. The lowest BCUT2D eigenvalue weighted by Crippen LogP contribution is -2.47. The molecule has 1 aliphatic carbocycles. The van der Waals surface area contributed by atoms with Crippen molar-refractivity contribution >= 4 is 5.91 Å². The van der Waals surface area contributed by atoms with Gasteiger partial charge in [-0.25, -0.2) is 0 Å². The number of fused-ring (bicyclic) bond motifs is 1. The van der Waals surface area contributed by atoms with E-state index in [0.29, 0.717) is 13.0 Å². The smallest absolute Gasteiger partial charge is 0.358 e. The molecular weight excluding hydrogens is 391 g/mol. The molecule has 4 nitrogen and oxygen atoms in total. The number of nitrogens with one attached hydrogen (secondary N) is 2. The Hall–Kier alpha value is -2.38. The van der Waals surface area contributed by atoms with Crippen LogP contribution in [0.5, 0.6) is 0 Å². The van der Waals surface area contributed by atoms with Gasteiger partial charge < -0.3 is 10.6 Å². The summed E-state index contributed by atoms with van der Waals surface area (Å²) in [5.74, 6) is -0.0362. The van der Waals surface area contributed by atoms with Gasteiger partial charge in [-0.05, 0) is 42.0 Å². The lowest BCUT2D eigenvalue weighted by Gasteiger charge is -2.29. The third-order valence-electron chi connectivity index (χ3n) is 6.29. The quantitative estimate of drug-likeness (QED) is 0.786. The highest BCUT2D eigenvalue weighted by atomic mass is 19.4. The second-order valence-corrected chi connectivity index (χ2v) is 8.13. The fraction of sp³-hybridized carbons (Fsp3) is 0.435. The van der Waals surface area contributed by atoms with E-state index in [-0.39, 0.29) is 36.1 Å². The van der Waals surface area contributed by atoms with Crippen LogP contribution in [0.15, 0.2) is 48.5 Å². The van der Waals surface area contributed by atoms with E-state index in [1.165, 1.54) is 23.3 Å². The van der Waals surface area contributed by atoms with Gasteiger partial charge in [0.05, 0.1) is 11.6 Å². The minimum Gasteiger partial charge on any atom is -0.358 e. The standard InChI is InChI=1S/C23H26F3N3O/c1-27-22(30)21-12-18(28-13-17-8-4-5-9-20(17)23(24,25)26)14-29(21)19-10-15-6-2-3-7-16(15)11-19/h2-9,18-19,21,28H,10-14H2,1H3,(H,27,30)/t18-,21-/m0/s1. The maximum atomic E-state index is 13.3. The number of halogens is 3. The van der Waals surface area contributed by atoms with Crippen molar-refractivity contribution in [1.82, 2.24) is 15.5 Å². The third-order valence-corrected chi connectivity index (χ3v) is 6.29. The van der Waals surface area contributed by atoms with Gasteiger partial charge in [0.1, 0.15) is 0 Å². The van der Waals surface area contributed by atoms with Gasteiger partial charge in [-0.3, -0.25) is 9.69 Å². The molecule has 1 aliphatic heterocycles. The van der Waals surface area contributed by atoms with Crippen molar-refractivity contribution in [2.75, 3.05) is 13.6 Å². The van der Waals surface area contributed by atoms with Crippen molar-refractivity contribution in [1.29, 1.82) is 0 Å². The van der Waals surface area contributed by atoms with E-state index in [1.807, 2.05) is 12.1 Å². The number of hydrogen-bond donors (Lipinski definition) is 2. The first kappa shape index (κ1) is 20.9. The second kappa shape index (κ2) is 8.40. The first-order valence-corrected chi connectivity index (χ1v) is 10.3. The van der Waals surface area contributed by atoms with Crippen molar-refractivity contribution in [2.45, 2.75) is 50.1 Å². The third kappa shape index (κ3) is 4.23. The molecule has 0 spiro atoms. The molecule has 0 aromatic heterocycles. The van der Waals surface area contributed by atoms with Gasteiger partial charge >= 0.3 is 6.18 Å². The van der Waals surface area contributed by atoms with Crippen LogP contribution in [-0.2, 0) is 30.4 Å². The average molecular weight is 417 g/mol. The zero-order chi connectivity index (χ0) is 21.3. The highest BCUT2D eigenvalue weighted by molar-refractivity contribution is 5.82. The number of amides is 1. The second-order valence-electron chi connectivity index (χ2n) is 8.13. The Morgan fingerprint density at radius 3 is 2.33 bits per heavy atom. The first-order chi connectivity index (χ1) is 14.4. The maximum absolute atomic E-state index is 13.3. The van der Waals surface area contributed by atoms with Crippen LogP contribution in [0.3, 0.4) is 0 Å². The van der Waals surface area contributed by atoms with Gasteiger partial charge in [0.15, 0.2) is 0 Å². The number of rotatable bonds is 5. The molecule has 30 heavy (non-hydrogen) atoms. The minimum atomic E-state index is -4.37. The minimum absolute atomic E-state index is 0.0362. The Morgan fingerprint density at radius 1 is 1.07 bits per heavy atom. The molecule has 0 unspecified atom stereocenters. The lowest BCUT2D eigenvalue weighted by atomic mass is 10.1. The van der Waals surface area contributed by atoms with Gasteiger partial charge in [-0.1, -0.05) is 42.5 Å². The van der Waals surface area contributed by atoms with E-state index < -0.39 is 11.7 Å². The highest BCUT2D eigenvalue weighted by Gasteiger charge is 2.42. The fourth-order valence-corrected chi connectivity index (χ4v) is 4.81. The Balaban J connectivity index is 1.46. The zero-order valence-corrected chi connectivity index (χ0v) is 16.9. The topological polar surface area (TPSA) is 44.4 Å². The van der Waals surface area contributed by atoms with Crippen LogP contribution in [0.4, 0.5) is 13.2 Å². The van der Waals surface area contributed by atoms with Crippen molar-refractivity contribution in [3.8, 4) is 0 Å². The summed E-state index contributed by atoms with van der Waals surface area (Å²) in [5.41, 5.74) is 2.25. The van der Waals surface area contributed by atoms with Gasteiger partial charge in [0.25, 0.3) is 0 Å². The van der Waals surface area contributed by atoms with E-state index in [9.17, 15) is 18.0 Å². The largest absolute Gasteiger partial charge is 0.416 e. The molecule has 4 rings (SSSR count). The molecular formula is C23H26F3N3O. The number of carbonyl (C=O) groups is 1. The van der Waals surface area contributed by atoms with E-state index in [0.717, 1.165) is 18.9 Å². The number of carbonyl (C=O) groups excluding carboxylic acids is 1. The van der Waals surface area contributed by atoms with Crippen molar-refractivity contribution in [2.24, 2.45) is 0 Å². The molecule has 1 saturated heterocycles. The van der Waals surface area contributed by atoms with Crippen LogP contribution >= 0.6 is 0 Å². The Morgan fingerprint density at radius 2 is 1.70 bits per heavy atom. The van der Waals surface area contributed by atoms with Crippen molar-refractivity contribution in [3.05, 3.63) is 70.8 Å². The molecule has 2 aliphatic rings. The van der Waals surface area contributed by atoms with Crippen molar-refractivity contribution in [3.63, 3.8) is 0 Å². The normalized spacial score (nSPS) is 22.3. The highest BCUT2D eigenvalue weighted by Crippen LogP contribution is 2.33. The van der Waals surface area contributed by atoms with Gasteiger partial charge in [0.2, 0.25) is 5.91 Å². The molecule has 0 bridgehead atoms.